The van der Waals surface area contributed by atoms with Crippen molar-refractivity contribution in [1.29, 1.82) is 0 Å². The summed E-state index contributed by atoms with van der Waals surface area (Å²) in [5, 5.41) is 0.764. The highest BCUT2D eigenvalue weighted by molar-refractivity contribution is 7.70. The van der Waals surface area contributed by atoms with Gasteiger partial charge in [0, 0.05) is 33.9 Å². The number of ether oxygens (including phenoxy) is 1. The maximum absolute atomic E-state index is 13.5. The number of hydrogen-bond acceptors (Lipinski definition) is 4. The zero-order chi connectivity index (χ0) is 27.9. The van der Waals surface area contributed by atoms with E-state index in [2.05, 4.69) is 0 Å². The summed E-state index contributed by atoms with van der Waals surface area (Å²) < 4.78 is 70.3. The molecule has 3 aromatic carbocycles. The summed E-state index contributed by atoms with van der Waals surface area (Å²) in [6.07, 6.45) is 0.153. The Morgan fingerprint density at radius 2 is 1.83 bits per heavy atom. The minimum atomic E-state index is -3.12. The van der Waals surface area contributed by atoms with Crippen LogP contribution in [0.2, 0.25) is 0 Å². The largest absolute Gasteiger partial charge is 0.434 e. The molecule has 0 N–H and O–H groups in total. The first-order valence-corrected chi connectivity index (χ1v) is 14.0. The third kappa shape index (κ3) is 3.46. The van der Waals surface area contributed by atoms with E-state index in [0.29, 0.717) is 16.9 Å². The van der Waals surface area contributed by atoms with Gasteiger partial charge in [0.2, 0.25) is 0 Å². The summed E-state index contributed by atoms with van der Waals surface area (Å²) in [5.41, 5.74) is 3.21. The molecule has 0 fully saturated rings. The van der Waals surface area contributed by atoms with Gasteiger partial charge in [0.25, 0.3) is 5.91 Å². The Balaban J connectivity index is 1.57. The van der Waals surface area contributed by atoms with Crippen LogP contribution in [0, 0.1) is 0 Å². The van der Waals surface area contributed by atoms with Crippen molar-refractivity contribution >= 4 is 29.4 Å². The predicted octanol–water partition coefficient (Wildman–Crippen LogP) is 5.67. The maximum Gasteiger partial charge on any atom is 0.387 e. The van der Waals surface area contributed by atoms with Gasteiger partial charge in [-0.3, -0.25) is 4.79 Å². The molecule has 2 bridgehead atoms. The number of fused-ring (bicyclic) bond motifs is 9. The molecule has 0 saturated carbocycles. The van der Waals surface area contributed by atoms with Gasteiger partial charge in [-0.15, -0.1) is 0 Å². The van der Waals surface area contributed by atoms with Crippen molar-refractivity contribution in [3.8, 4) is 16.9 Å². The molecule has 0 unspecified atom stereocenters. The molecular formula is C27H24F2N3O3P. The van der Waals surface area contributed by atoms with E-state index in [1.807, 2.05) is 47.0 Å². The average molecular weight is 510 g/mol. The molecule has 4 aromatic rings. The first kappa shape index (κ1) is 19.7. The highest BCUT2D eigenvalue weighted by Crippen LogP contribution is 2.50. The summed E-state index contributed by atoms with van der Waals surface area (Å²) >= 11 is 0. The number of rotatable bonds is 4. The van der Waals surface area contributed by atoms with Crippen LogP contribution in [0.4, 0.5) is 8.78 Å². The number of carbonyl (C=O) groups excluding carboxylic acids is 1. The van der Waals surface area contributed by atoms with Crippen LogP contribution >= 0.6 is 7.14 Å². The quantitative estimate of drug-likeness (QED) is 0.332. The van der Waals surface area contributed by atoms with Crippen LogP contribution in [-0.2, 0) is 4.57 Å². The van der Waals surface area contributed by atoms with Crippen LogP contribution in [0.3, 0.4) is 0 Å². The third-order valence-electron chi connectivity index (χ3n) is 6.97. The fourth-order valence-electron chi connectivity index (χ4n) is 5.30. The van der Waals surface area contributed by atoms with Crippen LogP contribution in [0.1, 0.15) is 44.4 Å². The van der Waals surface area contributed by atoms with Gasteiger partial charge < -0.3 is 18.8 Å². The van der Waals surface area contributed by atoms with Crippen LogP contribution in [-0.4, -0.2) is 47.3 Å². The molecule has 2 aliphatic heterocycles. The maximum atomic E-state index is 13.5. The lowest BCUT2D eigenvalue weighted by Crippen LogP contribution is -2.30. The van der Waals surface area contributed by atoms with E-state index < -0.39 is 38.7 Å². The van der Waals surface area contributed by atoms with E-state index >= 15 is 0 Å². The number of hydrogen-bond donors (Lipinski definition) is 0. The van der Waals surface area contributed by atoms with Gasteiger partial charge in [0.1, 0.15) is 18.7 Å². The smallest absolute Gasteiger partial charge is 0.387 e. The molecule has 36 heavy (non-hydrogen) atoms. The van der Waals surface area contributed by atoms with E-state index in [1.165, 1.54) is 18.2 Å². The van der Waals surface area contributed by atoms with Gasteiger partial charge in [-0.2, -0.15) is 8.78 Å². The molecule has 184 valence electrons. The van der Waals surface area contributed by atoms with Crippen LogP contribution < -0.4 is 10.0 Å². The number of halogens is 2. The SMILES string of the molecule is [2H]C([2H])([2H])N1C(=O)c2cccc(OC(F)F)c2[C@H]2C[C@@H]1c1nc3ccc(-c4ccc(P(C)(C)=O)cc4)cc3n12. The second kappa shape index (κ2) is 8.00. The van der Waals surface area contributed by atoms with Crippen LogP contribution in [0.25, 0.3) is 22.2 Å². The first-order chi connectivity index (χ1) is 18.3. The Labute approximate surface area is 211 Å². The third-order valence-corrected chi connectivity index (χ3v) is 8.51. The molecule has 6 rings (SSSR count). The first-order valence-electron chi connectivity index (χ1n) is 12.9. The molecule has 1 amide bonds. The van der Waals surface area contributed by atoms with Crippen molar-refractivity contribution in [1.82, 2.24) is 14.5 Å². The van der Waals surface area contributed by atoms with Gasteiger partial charge in [-0.1, -0.05) is 36.4 Å². The summed E-state index contributed by atoms with van der Waals surface area (Å²) in [6, 6.07) is 15.7. The minimum Gasteiger partial charge on any atom is -0.434 e. The summed E-state index contributed by atoms with van der Waals surface area (Å²) in [7, 11) is -2.41. The second-order valence-corrected chi connectivity index (χ2v) is 12.7. The summed E-state index contributed by atoms with van der Waals surface area (Å²) in [4.78, 5) is 19.1. The van der Waals surface area contributed by atoms with E-state index in [-0.39, 0.29) is 23.3 Å². The van der Waals surface area contributed by atoms with Crippen molar-refractivity contribution in [2.45, 2.75) is 25.1 Å². The number of amides is 1. The number of nitrogens with zero attached hydrogens (tertiary/aromatic N) is 3. The zero-order valence-electron chi connectivity index (χ0n) is 22.5. The van der Waals surface area contributed by atoms with Gasteiger partial charge >= 0.3 is 6.61 Å². The molecule has 2 aliphatic rings. The fraction of sp³-hybridized carbons (Fsp3) is 0.259. The van der Waals surface area contributed by atoms with E-state index in [4.69, 9.17) is 13.8 Å². The van der Waals surface area contributed by atoms with Gasteiger partial charge in [0.05, 0.1) is 23.1 Å². The molecule has 9 heteroatoms. The topological polar surface area (TPSA) is 64.4 Å². The monoisotopic (exact) mass is 510 g/mol. The average Bonchev–Trinajstić information content (AvgIpc) is 3.35. The number of aromatic nitrogens is 2. The van der Waals surface area contributed by atoms with Crippen molar-refractivity contribution in [2.24, 2.45) is 0 Å². The van der Waals surface area contributed by atoms with Crippen molar-refractivity contribution in [3.63, 3.8) is 0 Å². The highest BCUT2D eigenvalue weighted by Gasteiger charge is 2.45. The van der Waals surface area contributed by atoms with Crippen molar-refractivity contribution < 1.29 is 27.0 Å². The molecule has 0 aliphatic carbocycles. The highest BCUT2D eigenvalue weighted by atomic mass is 31.2. The Hall–Kier alpha value is -3.51. The Morgan fingerprint density at radius 1 is 1.08 bits per heavy atom. The van der Waals surface area contributed by atoms with E-state index in [1.54, 1.807) is 13.3 Å². The minimum absolute atomic E-state index is 0.0135. The number of alkyl halides is 2. The normalized spacial score (nSPS) is 20.5. The Morgan fingerprint density at radius 3 is 2.53 bits per heavy atom. The van der Waals surface area contributed by atoms with Crippen LogP contribution in [0.15, 0.2) is 60.7 Å². The molecule has 6 nitrogen and oxygen atoms in total. The molecule has 0 saturated heterocycles. The number of carbonyl (C=O) groups is 1. The predicted molar refractivity (Wildman–Crippen MR) is 135 cm³/mol. The molecule has 0 radical (unpaired) electrons. The molecular weight excluding hydrogens is 483 g/mol. The summed E-state index contributed by atoms with van der Waals surface area (Å²) in [5.74, 6) is -0.570. The molecule has 2 atom stereocenters. The fourth-order valence-corrected chi connectivity index (χ4v) is 6.17. The van der Waals surface area contributed by atoms with Gasteiger partial charge in [0.15, 0.2) is 0 Å². The molecule has 3 heterocycles. The second-order valence-electron chi connectivity index (χ2n) is 9.48. The Bertz CT molecular complexity index is 1680. The van der Waals surface area contributed by atoms with E-state index in [9.17, 15) is 18.1 Å². The van der Waals surface area contributed by atoms with Crippen molar-refractivity contribution in [3.05, 3.63) is 77.6 Å². The number of benzene rings is 3. The lowest BCUT2D eigenvalue weighted by atomic mass is 9.97. The summed E-state index contributed by atoms with van der Waals surface area (Å²) in [6.45, 7) is -2.49. The lowest BCUT2D eigenvalue weighted by Gasteiger charge is -2.24. The van der Waals surface area contributed by atoms with Gasteiger partial charge in [-0.05, 0) is 48.7 Å². The molecule has 0 spiro atoms. The standard InChI is InChI=1S/C27H24F2N3O3P/c1-31-22-14-21(24-18(26(31)33)5-4-6-23(24)35-27(28)29)32-20-13-16(9-12-19(20)30-25(22)32)15-7-10-17(11-8-15)36(2,3)34/h4-13,21-22,27H,14H2,1-3H3/t21-,22-/m1/s1/i1D3. The zero-order valence-corrected chi connectivity index (χ0v) is 20.4. The van der Waals surface area contributed by atoms with Gasteiger partial charge in [-0.25, -0.2) is 4.98 Å². The van der Waals surface area contributed by atoms with Crippen molar-refractivity contribution in [2.75, 3.05) is 20.3 Å². The Kier molecular flexibility index (Phi) is 4.37. The molecule has 1 aromatic heterocycles. The van der Waals surface area contributed by atoms with Crippen LogP contribution in [0.5, 0.6) is 5.75 Å². The number of imidazole rings is 1. The van der Waals surface area contributed by atoms with E-state index in [0.717, 1.165) is 21.3 Å². The lowest BCUT2D eigenvalue weighted by molar-refractivity contribution is -0.0507.